The molecule has 0 amide bonds. The molecule has 0 N–H and O–H groups in total. The average Bonchev–Trinajstić information content (AvgIpc) is 2.89. The molecule has 3 rings (SSSR count). The quantitative estimate of drug-likeness (QED) is 0.153. The molecular weight excluding hydrogens is 436 g/mol. The smallest absolute Gasteiger partial charge is 0.336 e. The Bertz CT molecular complexity index is 1040. The van der Waals surface area contributed by atoms with Crippen LogP contribution in [0.3, 0.4) is 0 Å². The zero-order valence-corrected chi connectivity index (χ0v) is 21.4. The number of aldehydes is 1. The Morgan fingerprint density at radius 2 is 1.17 bits per heavy atom. The van der Waals surface area contributed by atoms with Crippen molar-refractivity contribution in [3.05, 3.63) is 107 Å². The van der Waals surface area contributed by atoms with Crippen LogP contribution in [0.1, 0.15) is 48.9 Å². The second-order valence-corrected chi connectivity index (χ2v) is 7.75. The van der Waals surface area contributed by atoms with Gasteiger partial charge in [-0.3, -0.25) is 4.79 Å². The third-order valence-electron chi connectivity index (χ3n) is 4.71. The van der Waals surface area contributed by atoms with E-state index in [1.54, 1.807) is 43.5 Å². The van der Waals surface area contributed by atoms with Crippen molar-refractivity contribution in [3.8, 4) is 11.5 Å². The van der Waals surface area contributed by atoms with Crippen molar-refractivity contribution in [1.29, 1.82) is 0 Å². The topological polar surface area (TPSA) is 52.6 Å². The molecule has 0 spiro atoms. The van der Waals surface area contributed by atoms with Gasteiger partial charge in [-0.05, 0) is 61.4 Å². The molecule has 0 fully saturated rings. The second kappa shape index (κ2) is 17.5. The lowest BCUT2D eigenvalue weighted by Crippen LogP contribution is -2.03. The van der Waals surface area contributed by atoms with E-state index in [4.69, 9.17) is 9.47 Å². The van der Waals surface area contributed by atoms with E-state index >= 15 is 0 Å². The van der Waals surface area contributed by atoms with Gasteiger partial charge in [0.15, 0.2) is 0 Å². The highest BCUT2D eigenvalue weighted by molar-refractivity contribution is 5.88. The fourth-order valence-electron chi connectivity index (χ4n) is 2.46. The highest BCUT2D eigenvalue weighted by Gasteiger charge is 2.00. The molecule has 184 valence electrons. The molecule has 35 heavy (non-hydrogen) atoms. The van der Waals surface area contributed by atoms with Crippen molar-refractivity contribution in [3.63, 3.8) is 0 Å². The van der Waals surface area contributed by atoms with Crippen molar-refractivity contribution < 1.29 is 19.1 Å². The van der Waals surface area contributed by atoms with E-state index in [0.29, 0.717) is 5.75 Å². The van der Waals surface area contributed by atoms with Crippen LogP contribution in [0.2, 0.25) is 0 Å². The second-order valence-electron chi connectivity index (χ2n) is 7.75. The van der Waals surface area contributed by atoms with Crippen molar-refractivity contribution in [2.45, 2.75) is 40.5 Å². The number of esters is 1. The van der Waals surface area contributed by atoms with Crippen LogP contribution in [0.15, 0.2) is 84.9 Å². The molecule has 4 heteroatoms. The van der Waals surface area contributed by atoms with Crippen molar-refractivity contribution >= 4 is 24.4 Å². The first-order chi connectivity index (χ1) is 16.9. The van der Waals surface area contributed by atoms with Crippen LogP contribution in [0.5, 0.6) is 11.5 Å². The van der Waals surface area contributed by atoms with Crippen molar-refractivity contribution in [1.82, 2.24) is 0 Å². The van der Waals surface area contributed by atoms with Crippen LogP contribution in [0, 0.1) is 13.8 Å². The molecule has 0 bridgehead atoms. The van der Waals surface area contributed by atoms with Crippen LogP contribution in [0.4, 0.5) is 0 Å². The third-order valence-corrected chi connectivity index (χ3v) is 4.71. The minimum atomic E-state index is -0.407. The van der Waals surface area contributed by atoms with Gasteiger partial charge in [-0.15, -0.1) is 0 Å². The summed E-state index contributed by atoms with van der Waals surface area (Å²) >= 11 is 0. The molecule has 3 aromatic rings. The molecule has 0 saturated heterocycles. The lowest BCUT2D eigenvalue weighted by molar-refractivity contribution is -0.128. The van der Waals surface area contributed by atoms with Gasteiger partial charge < -0.3 is 9.47 Å². The number of unbranched alkanes of at least 4 members (excludes halogenated alkanes) is 1. The minimum absolute atomic E-state index is 0.407. The molecule has 0 aliphatic heterocycles. The molecule has 0 radical (unpaired) electrons. The maximum absolute atomic E-state index is 11.7. The summed E-state index contributed by atoms with van der Waals surface area (Å²) in [7, 11) is 1.59. The summed E-state index contributed by atoms with van der Waals surface area (Å²) < 4.78 is 10.2. The molecule has 0 aliphatic rings. The average molecular weight is 473 g/mol. The number of allylic oxidation sites excluding steroid dienone is 1. The Balaban J connectivity index is 0.000000342. The fourth-order valence-corrected chi connectivity index (χ4v) is 2.46. The number of methoxy groups -OCH3 is 1. The first-order valence-corrected chi connectivity index (χ1v) is 11.7. The van der Waals surface area contributed by atoms with Crippen molar-refractivity contribution in [2.75, 3.05) is 7.11 Å². The maximum Gasteiger partial charge on any atom is 0.336 e. The van der Waals surface area contributed by atoms with Gasteiger partial charge in [-0.2, -0.15) is 0 Å². The number of aryl methyl sites for hydroxylation is 2. The predicted octanol–water partition coefficient (Wildman–Crippen LogP) is 7.64. The largest absolute Gasteiger partial charge is 0.497 e. The van der Waals surface area contributed by atoms with Crippen LogP contribution in [-0.4, -0.2) is 19.4 Å². The zero-order chi connectivity index (χ0) is 25.9. The molecule has 0 aliphatic carbocycles. The summed E-state index contributed by atoms with van der Waals surface area (Å²) in [5.41, 5.74) is 4.43. The Morgan fingerprint density at radius 3 is 1.60 bits per heavy atom. The van der Waals surface area contributed by atoms with Crippen molar-refractivity contribution in [2.24, 2.45) is 0 Å². The maximum atomic E-state index is 11.7. The molecule has 0 heterocycles. The lowest BCUT2D eigenvalue weighted by Gasteiger charge is -2.03. The van der Waals surface area contributed by atoms with Crippen LogP contribution in [0.25, 0.3) is 12.2 Å². The van der Waals surface area contributed by atoms with E-state index in [2.05, 4.69) is 13.8 Å². The predicted molar refractivity (Wildman–Crippen MR) is 146 cm³/mol. The summed E-state index contributed by atoms with van der Waals surface area (Å²) in [4.78, 5) is 21.6. The van der Waals surface area contributed by atoms with Gasteiger partial charge in [0.05, 0.1) is 7.11 Å². The summed E-state index contributed by atoms with van der Waals surface area (Å²) in [6, 6.07) is 22.8. The van der Waals surface area contributed by atoms with Crippen LogP contribution in [-0.2, 0) is 9.59 Å². The standard InChI is InChI=1S/C17H16O3.C10H10O.C4H10/c1-13-3-5-14(6-4-13)7-12-17(18)20-16-10-8-15(19-2)9-11-16;1-9-4-6-10(7-5-9)3-2-8-11;1-3-4-2/h3-12H,1-2H3;2-8H,1H3;3-4H2,1-2H3/b12-7+;3-2+;. The molecule has 4 nitrogen and oxygen atoms in total. The molecule has 0 saturated carbocycles. The van der Waals surface area contributed by atoms with Gasteiger partial charge in [0.25, 0.3) is 0 Å². The highest BCUT2D eigenvalue weighted by atomic mass is 16.5. The van der Waals surface area contributed by atoms with Crippen LogP contribution >= 0.6 is 0 Å². The van der Waals surface area contributed by atoms with E-state index in [1.807, 2.05) is 62.4 Å². The summed E-state index contributed by atoms with van der Waals surface area (Å²) in [6.45, 7) is 8.42. The molecule has 0 aromatic heterocycles. The summed E-state index contributed by atoms with van der Waals surface area (Å²) in [5, 5.41) is 0. The number of carbonyl (C=O) groups is 2. The molecule has 0 unspecified atom stereocenters. The molecule has 0 atom stereocenters. The summed E-state index contributed by atoms with van der Waals surface area (Å²) in [5.74, 6) is 0.806. The number of carbonyl (C=O) groups excluding carboxylic acids is 2. The van der Waals surface area contributed by atoms with E-state index in [9.17, 15) is 9.59 Å². The Morgan fingerprint density at radius 1 is 0.714 bits per heavy atom. The van der Waals surface area contributed by atoms with Gasteiger partial charge in [0.1, 0.15) is 17.8 Å². The van der Waals surface area contributed by atoms with E-state index in [-0.39, 0.29) is 0 Å². The molecule has 3 aromatic carbocycles. The monoisotopic (exact) mass is 472 g/mol. The van der Waals surface area contributed by atoms with Gasteiger partial charge >= 0.3 is 5.97 Å². The van der Waals surface area contributed by atoms with Gasteiger partial charge in [-0.1, -0.05) is 92.4 Å². The van der Waals surface area contributed by atoms with Gasteiger partial charge in [-0.25, -0.2) is 4.79 Å². The third kappa shape index (κ3) is 13.4. The number of ether oxygens (including phenoxy) is 2. The Kier molecular flexibility index (Phi) is 14.6. The summed E-state index contributed by atoms with van der Waals surface area (Å²) in [6.07, 6.45) is 9.83. The van der Waals surface area contributed by atoms with Gasteiger partial charge in [0.2, 0.25) is 0 Å². The number of hydrogen-bond acceptors (Lipinski definition) is 4. The Labute approximate surface area is 209 Å². The first-order valence-electron chi connectivity index (χ1n) is 11.7. The highest BCUT2D eigenvalue weighted by Crippen LogP contribution is 2.17. The van der Waals surface area contributed by atoms with E-state index < -0.39 is 5.97 Å². The number of hydrogen-bond donors (Lipinski definition) is 0. The Hall–Kier alpha value is -3.92. The molecular formula is C31H36O4. The normalized spacial score (nSPS) is 10.1. The SMILES string of the molecule is CCCC.COc1ccc(OC(=O)/C=C/c2ccc(C)cc2)cc1.Cc1ccc(/C=C/C=O)cc1. The van der Waals surface area contributed by atoms with Crippen LogP contribution < -0.4 is 9.47 Å². The van der Waals surface area contributed by atoms with Gasteiger partial charge in [0, 0.05) is 6.08 Å². The van der Waals surface area contributed by atoms with E-state index in [0.717, 1.165) is 23.2 Å². The lowest BCUT2D eigenvalue weighted by atomic mass is 10.1. The number of rotatable bonds is 7. The number of benzene rings is 3. The fraction of sp³-hybridized carbons (Fsp3) is 0.226. The zero-order valence-electron chi connectivity index (χ0n) is 21.4. The van der Waals surface area contributed by atoms with E-state index in [1.165, 1.54) is 36.1 Å². The first kappa shape index (κ1) is 29.1. The minimum Gasteiger partial charge on any atom is -0.497 e.